The van der Waals surface area contributed by atoms with E-state index in [0.717, 1.165) is 34.7 Å². The van der Waals surface area contributed by atoms with Gasteiger partial charge < -0.3 is 0 Å². The highest BCUT2D eigenvalue weighted by molar-refractivity contribution is 7.98. The van der Waals surface area contributed by atoms with Crippen LogP contribution in [0.2, 0.25) is 0 Å². The van der Waals surface area contributed by atoms with Gasteiger partial charge in [0, 0.05) is 36.6 Å². The molecule has 1 aliphatic carbocycles. The maximum absolute atomic E-state index is 13.2. The number of carbonyl (C=O) groups is 2. The molecule has 1 spiro atoms. The number of amides is 2. The fraction of sp³-hybridized carbons (Fsp3) is 0.400. The van der Waals surface area contributed by atoms with Gasteiger partial charge in [-0.15, -0.1) is 0 Å². The lowest BCUT2D eigenvalue weighted by Crippen LogP contribution is -2.49. The number of hydrogen-bond acceptors (Lipinski definition) is 6. The highest BCUT2D eigenvalue weighted by atomic mass is 32.2. The number of likely N-dealkylation sites (tertiary alicyclic amines) is 1. The van der Waals surface area contributed by atoms with Crippen LogP contribution in [0.1, 0.15) is 17.8 Å². The third kappa shape index (κ3) is 2.01. The molecule has 5 rings (SSSR count). The number of imide groups is 1. The third-order valence-electron chi connectivity index (χ3n) is 6.17. The predicted octanol–water partition coefficient (Wildman–Crippen LogP) is 1.66. The van der Waals surface area contributed by atoms with E-state index in [4.69, 9.17) is 0 Å². The van der Waals surface area contributed by atoms with Crippen LogP contribution in [0.25, 0.3) is 11.1 Å². The number of hydrogen-bond donors (Lipinski definition) is 1. The average molecular weight is 380 g/mol. The summed E-state index contributed by atoms with van der Waals surface area (Å²) in [5.74, 6) is -0.197. The van der Waals surface area contributed by atoms with Crippen molar-refractivity contribution in [1.82, 2.24) is 20.2 Å². The van der Waals surface area contributed by atoms with Crippen molar-refractivity contribution in [2.24, 2.45) is 11.8 Å². The van der Waals surface area contributed by atoms with Crippen LogP contribution in [0.15, 0.2) is 36.7 Å². The number of rotatable bonds is 3. The molecular weight excluding hydrogens is 360 g/mol. The standard InChI is InChI=1S/C20H20N4O2S/c1-24-18(25)14-13(7-10-27-2)23-20(15(14)19(24)26)16-11(5-3-8-21-16)12-6-4-9-22-17(12)20/h3-6,8-9,13-15,23H,7,10H2,1-2H3/t13?,14-,15+/m1/s1. The van der Waals surface area contributed by atoms with Crippen molar-refractivity contribution < 1.29 is 9.59 Å². The molecule has 1 unspecified atom stereocenters. The molecule has 7 heteroatoms. The summed E-state index contributed by atoms with van der Waals surface area (Å²) in [6.45, 7) is 0. The summed E-state index contributed by atoms with van der Waals surface area (Å²) < 4.78 is 0. The molecule has 6 nitrogen and oxygen atoms in total. The van der Waals surface area contributed by atoms with Crippen LogP contribution in [0.3, 0.4) is 0 Å². The number of fused-ring (bicyclic) bond motifs is 7. The molecule has 3 atom stereocenters. The maximum atomic E-state index is 13.2. The first-order valence-electron chi connectivity index (χ1n) is 9.10. The Bertz CT molecular complexity index is 917. The molecule has 0 radical (unpaired) electrons. The second-order valence-corrected chi connectivity index (χ2v) is 8.36. The van der Waals surface area contributed by atoms with E-state index < -0.39 is 11.5 Å². The fourth-order valence-corrected chi connectivity index (χ4v) is 5.57. The van der Waals surface area contributed by atoms with Crippen molar-refractivity contribution in [3.63, 3.8) is 0 Å². The van der Waals surface area contributed by atoms with E-state index in [9.17, 15) is 9.59 Å². The van der Waals surface area contributed by atoms with Gasteiger partial charge in [0.05, 0.1) is 23.2 Å². The van der Waals surface area contributed by atoms with E-state index in [-0.39, 0.29) is 23.8 Å². The van der Waals surface area contributed by atoms with Crippen molar-refractivity contribution in [3.8, 4) is 11.1 Å². The van der Waals surface area contributed by atoms with Crippen molar-refractivity contribution in [2.75, 3.05) is 19.1 Å². The summed E-state index contributed by atoms with van der Waals surface area (Å²) in [4.78, 5) is 36.8. The Hall–Kier alpha value is -2.25. The summed E-state index contributed by atoms with van der Waals surface area (Å²) >= 11 is 1.75. The quantitative estimate of drug-likeness (QED) is 0.817. The summed E-state index contributed by atoms with van der Waals surface area (Å²) in [7, 11) is 1.59. The first-order valence-corrected chi connectivity index (χ1v) is 10.5. The van der Waals surface area contributed by atoms with Crippen LogP contribution in [0.4, 0.5) is 0 Å². The predicted molar refractivity (Wildman–Crippen MR) is 103 cm³/mol. The van der Waals surface area contributed by atoms with Crippen LogP contribution in [-0.2, 0) is 15.1 Å². The van der Waals surface area contributed by atoms with Crippen LogP contribution >= 0.6 is 11.8 Å². The van der Waals surface area contributed by atoms with E-state index in [1.165, 1.54) is 4.90 Å². The third-order valence-corrected chi connectivity index (χ3v) is 6.81. The largest absolute Gasteiger partial charge is 0.297 e. The molecule has 2 aromatic heterocycles. The SMILES string of the molecule is CSCCC1NC2(c3ncccc3-c3cccnc32)[C@@H]2C(=O)N(C)C(=O)[C@H]12. The lowest BCUT2D eigenvalue weighted by atomic mass is 9.77. The van der Waals surface area contributed by atoms with E-state index in [1.54, 1.807) is 31.2 Å². The minimum Gasteiger partial charge on any atom is -0.297 e. The van der Waals surface area contributed by atoms with Gasteiger partial charge in [-0.3, -0.25) is 29.8 Å². The minimum atomic E-state index is -0.835. The van der Waals surface area contributed by atoms with Gasteiger partial charge in [-0.1, -0.05) is 12.1 Å². The zero-order valence-electron chi connectivity index (χ0n) is 15.2. The molecule has 4 heterocycles. The van der Waals surface area contributed by atoms with Crippen LogP contribution in [-0.4, -0.2) is 51.8 Å². The first kappa shape index (κ1) is 16.9. The van der Waals surface area contributed by atoms with Gasteiger partial charge in [0.1, 0.15) is 5.54 Å². The van der Waals surface area contributed by atoms with Crippen molar-refractivity contribution in [2.45, 2.75) is 18.0 Å². The summed E-state index contributed by atoms with van der Waals surface area (Å²) in [5, 5.41) is 3.69. The van der Waals surface area contributed by atoms with Crippen LogP contribution in [0, 0.1) is 11.8 Å². The first-order chi connectivity index (χ1) is 13.1. The molecule has 138 valence electrons. The number of aromatic nitrogens is 2. The molecule has 0 aromatic carbocycles. The average Bonchev–Trinajstić information content (AvgIpc) is 3.27. The van der Waals surface area contributed by atoms with Gasteiger partial charge in [-0.2, -0.15) is 11.8 Å². The second kappa shape index (κ2) is 5.87. The number of carbonyl (C=O) groups excluding carboxylic acids is 2. The van der Waals surface area contributed by atoms with Gasteiger partial charge in [0.2, 0.25) is 11.8 Å². The van der Waals surface area contributed by atoms with Gasteiger partial charge in [-0.05, 0) is 30.6 Å². The molecule has 27 heavy (non-hydrogen) atoms. The normalized spacial score (nSPS) is 27.2. The van der Waals surface area contributed by atoms with E-state index in [1.807, 2.05) is 24.3 Å². The molecule has 2 amide bonds. The van der Waals surface area contributed by atoms with Crippen LogP contribution in [0.5, 0.6) is 0 Å². The molecule has 2 aliphatic heterocycles. The molecule has 2 aromatic rings. The molecule has 2 fully saturated rings. The molecule has 1 N–H and O–H groups in total. The topological polar surface area (TPSA) is 75.2 Å². The van der Waals surface area contributed by atoms with Gasteiger partial charge in [0.25, 0.3) is 0 Å². The van der Waals surface area contributed by atoms with Gasteiger partial charge in [0.15, 0.2) is 0 Å². The zero-order valence-corrected chi connectivity index (χ0v) is 16.0. The van der Waals surface area contributed by atoms with E-state index in [0.29, 0.717) is 0 Å². The van der Waals surface area contributed by atoms with Gasteiger partial charge in [-0.25, -0.2) is 0 Å². The Morgan fingerprint density at radius 2 is 1.74 bits per heavy atom. The Kier molecular flexibility index (Phi) is 3.67. The lowest BCUT2D eigenvalue weighted by molar-refractivity contribution is -0.139. The number of nitrogens with zero attached hydrogens (tertiary/aromatic N) is 3. The Balaban J connectivity index is 1.76. The second-order valence-electron chi connectivity index (χ2n) is 7.38. The summed E-state index contributed by atoms with van der Waals surface area (Å²) in [6.07, 6.45) is 6.38. The smallest absolute Gasteiger partial charge is 0.235 e. The number of pyridine rings is 2. The fourth-order valence-electron chi connectivity index (χ4n) is 5.08. The maximum Gasteiger partial charge on any atom is 0.235 e. The molecular formula is C20H20N4O2S. The van der Waals surface area contributed by atoms with Gasteiger partial charge >= 0.3 is 0 Å². The molecule has 2 saturated heterocycles. The summed E-state index contributed by atoms with van der Waals surface area (Å²) in [5.41, 5.74) is 2.78. The molecule has 0 saturated carbocycles. The van der Waals surface area contributed by atoms with Crippen molar-refractivity contribution in [3.05, 3.63) is 48.0 Å². The summed E-state index contributed by atoms with van der Waals surface area (Å²) in [6, 6.07) is 7.77. The number of nitrogens with one attached hydrogen (secondary N) is 1. The minimum absolute atomic E-state index is 0.0772. The zero-order chi connectivity index (χ0) is 18.8. The Morgan fingerprint density at radius 1 is 1.11 bits per heavy atom. The Morgan fingerprint density at radius 3 is 2.33 bits per heavy atom. The van der Waals surface area contributed by atoms with Crippen molar-refractivity contribution >= 4 is 23.6 Å². The highest BCUT2D eigenvalue weighted by Gasteiger charge is 2.68. The molecule has 0 bridgehead atoms. The molecule has 3 aliphatic rings. The lowest BCUT2D eigenvalue weighted by Gasteiger charge is -2.31. The monoisotopic (exact) mass is 380 g/mol. The highest BCUT2D eigenvalue weighted by Crippen LogP contribution is 2.57. The van der Waals surface area contributed by atoms with Crippen molar-refractivity contribution in [1.29, 1.82) is 0 Å². The van der Waals surface area contributed by atoms with E-state index >= 15 is 0 Å². The van der Waals surface area contributed by atoms with E-state index in [2.05, 4.69) is 21.5 Å². The Labute approximate surface area is 161 Å². The number of thioether (sulfide) groups is 1. The van der Waals surface area contributed by atoms with Crippen LogP contribution < -0.4 is 5.32 Å².